The van der Waals surface area contributed by atoms with Gasteiger partial charge in [0.25, 0.3) is 11.5 Å². The molecule has 0 saturated heterocycles. The summed E-state index contributed by atoms with van der Waals surface area (Å²) in [4.78, 5) is 29.5. The number of thiazole rings is 1. The first kappa shape index (κ1) is 13.2. The van der Waals surface area contributed by atoms with Crippen LogP contribution in [0.4, 0.5) is 0 Å². The Morgan fingerprint density at radius 1 is 1.36 bits per heavy atom. The molecular formula is C16H13N3O2S. The Labute approximate surface area is 130 Å². The standard InChI is InChI=1S/C16H13N3O2S/c20-14(12-9-17-16-19(15(12)21)7-8-22-16)18-13-6-5-10-3-1-2-4-11(10)13/h1-4,7-9,13H,5-6H2,(H,18,20). The zero-order valence-electron chi connectivity index (χ0n) is 11.7. The average Bonchev–Trinajstić information content (AvgIpc) is 3.15. The lowest BCUT2D eigenvalue weighted by Crippen LogP contribution is -2.33. The Morgan fingerprint density at radius 2 is 2.23 bits per heavy atom. The van der Waals surface area contributed by atoms with Crippen molar-refractivity contribution in [2.24, 2.45) is 0 Å². The molecule has 2 heterocycles. The zero-order chi connectivity index (χ0) is 15.1. The van der Waals surface area contributed by atoms with Gasteiger partial charge in [-0.2, -0.15) is 0 Å². The van der Waals surface area contributed by atoms with Crippen LogP contribution < -0.4 is 10.9 Å². The molecule has 0 spiro atoms. The molecule has 1 N–H and O–H groups in total. The molecule has 4 rings (SSSR count). The molecule has 1 atom stereocenters. The van der Waals surface area contributed by atoms with E-state index >= 15 is 0 Å². The van der Waals surface area contributed by atoms with Crippen LogP contribution in [0, 0.1) is 0 Å². The number of aromatic nitrogens is 2. The van der Waals surface area contributed by atoms with E-state index in [1.54, 1.807) is 11.6 Å². The highest BCUT2D eigenvalue weighted by Crippen LogP contribution is 2.30. The first-order chi connectivity index (χ1) is 10.7. The van der Waals surface area contributed by atoms with Gasteiger partial charge in [0.05, 0.1) is 6.04 Å². The largest absolute Gasteiger partial charge is 0.345 e. The number of amides is 1. The van der Waals surface area contributed by atoms with Gasteiger partial charge in [-0.15, -0.1) is 11.3 Å². The van der Waals surface area contributed by atoms with E-state index in [1.165, 1.54) is 27.5 Å². The Morgan fingerprint density at radius 3 is 3.14 bits per heavy atom. The fourth-order valence-corrected chi connectivity index (χ4v) is 3.60. The van der Waals surface area contributed by atoms with E-state index in [-0.39, 0.29) is 23.1 Å². The molecule has 0 bridgehead atoms. The Bertz CT molecular complexity index is 928. The van der Waals surface area contributed by atoms with Crippen LogP contribution in [0.2, 0.25) is 0 Å². The van der Waals surface area contributed by atoms with Crippen molar-refractivity contribution in [2.75, 3.05) is 0 Å². The van der Waals surface area contributed by atoms with Crippen molar-refractivity contribution in [3.05, 3.63) is 69.1 Å². The summed E-state index contributed by atoms with van der Waals surface area (Å²) in [7, 11) is 0. The second-order valence-corrected chi connectivity index (χ2v) is 6.17. The lowest BCUT2D eigenvalue weighted by atomic mass is 10.1. The average molecular weight is 311 g/mol. The molecule has 110 valence electrons. The molecule has 1 aliphatic rings. The summed E-state index contributed by atoms with van der Waals surface area (Å²) in [5.41, 5.74) is 2.16. The number of benzene rings is 1. The number of carbonyl (C=O) groups is 1. The number of hydrogen-bond donors (Lipinski definition) is 1. The van der Waals surface area contributed by atoms with Gasteiger partial charge in [0, 0.05) is 17.8 Å². The summed E-state index contributed by atoms with van der Waals surface area (Å²) in [6.07, 6.45) is 4.81. The second-order valence-electron chi connectivity index (χ2n) is 5.30. The fraction of sp³-hybridized carbons (Fsp3) is 0.188. The molecule has 5 nitrogen and oxygen atoms in total. The van der Waals surface area contributed by atoms with E-state index in [0.717, 1.165) is 18.4 Å². The van der Waals surface area contributed by atoms with Gasteiger partial charge in [-0.3, -0.25) is 14.0 Å². The van der Waals surface area contributed by atoms with E-state index < -0.39 is 0 Å². The minimum atomic E-state index is -0.361. The lowest BCUT2D eigenvalue weighted by Gasteiger charge is -2.13. The smallest absolute Gasteiger partial charge is 0.271 e. The van der Waals surface area contributed by atoms with E-state index in [2.05, 4.69) is 16.4 Å². The van der Waals surface area contributed by atoms with Gasteiger partial charge < -0.3 is 5.32 Å². The van der Waals surface area contributed by atoms with Gasteiger partial charge in [-0.1, -0.05) is 24.3 Å². The first-order valence-electron chi connectivity index (χ1n) is 7.07. The van der Waals surface area contributed by atoms with Crippen LogP contribution in [0.1, 0.15) is 33.9 Å². The molecule has 0 aliphatic heterocycles. The van der Waals surface area contributed by atoms with Crippen LogP contribution in [-0.4, -0.2) is 15.3 Å². The lowest BCUT2D eigenvalue weighted by molar-refractivity contribution is 0.0934. The number of nitrogens with one attached hydrogen (secondary N) is 1. The van der Waals surface area contributed by atoms with E-state index in [4.69, 9.17) is 0 Å². The summed E-state index contributed by atoms with van der Waals surface area (Å²) in [6, 6.07) is 8.04. The van der Waals surface area contributed by atoms with Crippen LogP contribution in [0.3, 0.4) is 0 Å². The molecule has 3 aromatic rings. The van der Waals surface area contributed by atoms with Crippen LogP contribution in [0.25, 0.3) is 4.96 Å². The molecule has 6 heteroatoms. The predicted molar refractivity (Wildman–Crippen MR) is 84.3 cm³/mol. The Hall–Kier alpha value is -2.47. The molecule has 1 aliphatic carbocycles. The summed E-state index contributed by atoms with van der Waals surface area (Å²) < 4.78 is 1.40. The summed E-state index contributed by atoms with van der Waals surface area (Å²) in [5, 5.41) is 4.74. The molecule has 0 fully saturated rings. The SMILES string of the molecule is O=C(NC1CCc2ccccc21)c1cnc2sccn2c1=O. The quantitative estimate of drug-likeness (QED) is 0.789. The van der Waals surface area contributed by atoms with Gasteiger partial charge in [0.2, 0.25) is 0 Å². The number of aryl methyl sites for hydroxylation is 1. The molecule has 1 unspecified atom stereocenters. The topological polar surface area (TPSA) is 63.5 Å². The van der Waals surface area contributed by atoms with Crippen molar-refractivity contribution < 1.29 is 4.79 Å². The number of fused-ring (bicyclic) bond motifs is 2. The maximum atomic E-state index is 12.4. The van der Waals surface area contributed by atoms with Crippen LogP contribution >= 0.6 is 11.3 Å². The molecular weight excluding hydrogens is 298 g/mol. The number of hydrogen-bond acceptors (Lipinski definition) is 4. The predicted octanol–water partition coefficient (Wildman–Crippen LogP) is 2.17. The molecule has 0 saturated carbocycles. The van der Waals surface area contributed by atoms with Gasteiger partial charge in [0.15, 0.2) is 4.96 Å². The minimum absolute atomic E-state index is 0.0359. The van der Waals surface area contributed by atoms with Crippen molar-refractivity contribution in [2.45, 2.75) is 18.9 Å². The summed E-state index contributed by atoms with van der Waals surface area (Å²) in [5.74, 6) is -0.361. The highest BCUT2D eigenvalue weighted by atomic mass is 32.1. The number of rotatable bonds is 2. The Kier molecular flexibility index (Phi) is 3.04. The fourth-order valence-electron chi connectivity index (χ4n) is 2.92. The van der Waals surface area contributed by atoms with Crippen molar-refractivity contribution in [1.29, 1.82) is 0 Å². The molecule has 0 radical (unpaired) electrons. The molecule has 1 aromatic carbocycles. The number of carbonyl (C=O) groups excluding carboxylic acids is 1. The highest BCUT2D eigenvalue weighted by molar-refractivity contribution is 7.15. The number of nitrogens with zero attached hydrogens (tertiary/aromatic N) is 2. The van der Waals surface area contributed by atoms with Gasteiger partial charge >= 0.3 is 0 Å². The monoisotopic (exact) mass is 311 g/mol. The summed E-state index contributed by atoms with van der Waals surface area (Å²) in [6.45, 7) is 0. The molecule has 1 amide bonds. The van der Waals surface area contributed by atoms with Crippen LogP contribution in [0.5, 0.6) is 0 Å². The second kappa shape index (κ2) is 5.06. The van der Waals surface area contributed by atoms with Crippen molar-refractivity contribution in [3.63, 3.8) is 0 Å². The molecule has 2 aromatic heterocycles. The van der Waals surface area contributed by atoms with E-state index in [1.807, 2.05) is 18.2 Å². The molecule has 22 heavy (non-hydrogen) atoms. The van der Waals surface area contributed by atoms with Crippen molar-refractivity contribution >= 4 is 22.2 Å². The minimum Gasteiger partial charge on any atom is -0.345 e. The van der Waals surface area contributed by atoms with E-state index in [0.29, 0.717) is 4.96 Å². The van der Waals surface area contributed by atoms with E-state index in [9.17, 15) is 9.59 Å². The van der Waals surface area contributed by atoms with Crippen molar-refractivity contribution in [3.8, 4) is 0 Å². The maximum Gasteiger partial charge on any atom is 0.271 e. The third-order valence-corrected chi connectivity index (χ3v) is 4.80. The van der Waals surface area contributed by atoms with Gasteiger partial charge in [-0.25, -0.2) is 4.98 Å². The summed E-state index contributed by atoms with van der Waals surface area (Å²) >= 11 is 1.37. The Balaban J connectivity index is 1.65. The first-order valence-corrected chi connectivity index (χ1v) is 7.95. The van der Waals surface area contributed by atoms with Gasteiger partial charge in [-0.05, 0) is 24.0 Å². The maximum absolute atomic E-state index is 12.4. The van der Waals surface area contributed by atoms with Crippen LogP contribution in [0.15, 0.2) is 46.8 Å². The van der Waals surface area contributed by atoms with Crippen molar-refractivity contribution in [1.82, 2.24) is 14.7 Å². The van der Waals surface area contributed by atoms with Crippen LogP contribution in [-0.2, 0) is 6.42 Å². The van der Waals surface area contributed by atoms with Gasteiger partial charge in [0.1, 0.15) is 5.56 Å². The normalized spacial score (nSPS) is 16.6. The zero-order valence-corrected chi connectivity index (χ0v) is 12.5. The third-order valence-electron chi connectivity index (χ3n) is 4.03. The third kappa shape index (κ3) is 2.03. The highest BCUT2D eigenvalue weighted by Gasteiger charge is 2.25.